The van der Waals surface area contributed by atoms with Crippen molar-refractivity contribution < 1.29 is 0 Å². The van der Waals surface area contributed by atoms with E-state index in [1.807, 2.05) is 43.5 Å². The lowest BCUT2D eigenvalue weighted by molar-refractivity contribution is 1.06. The molecule has 3 nitrogen and oxygen atoms in total. The van der Waals surface area contributed by atoms with Gasteiger partial charge >= 0.3 is 0 Å². The molecular formula is C17H16BrN3. The highest BCUT2D eigenvalue weighted by Crippen LogP contribution is 2.24. The van der Waals surface area contributed by atoms with Crippen molar-refractivity contribution in [3.63, 3.8) is 0 Å². The van der Waals surface area contributed by atoms with E-state index < -0.39 is 0 Å². The Morgan fingerprint density at radius 2 is 1.81 bits per heavy atom. The average molecular weight is 342 g/mol. The number of hydrogen-bond donors (Lipinski definition) is 1. The second-order valence-electron chi connectivity index (χ2n) is 5.00. The molecular weight excluding hydrogens is 326 g/mol. The van der Waals surface area contributed by atoms with Gasteiger partial charge in [0.1, 0.15) is 0 Å². The van der Waals surface area contributed by atoms with Gasteiger partial charge in [-0.1, -0.05) is 40.2 Å². The summed E-state index contributed by atoms with van der Waals surface area (Å²) in [5.41, 5.74) is 4.29. The number of para-hydroxylation sites is 1. The first-order valence-electron chi connectivity index (χ1n) is 6.78. The molecule has 0 amide bonds. The van der Waals surface area contributed by atoms with Gasteiger partial charge in [-0.25, -0.2) is 4.98 Å². The summed E-state index contributed by atoms with van der Waals surface area (Å²) in [6, 6.07) is 16.4. The smallest absolute Gasteiger partial charge is 0.212 e. The van der Waals surface area contributed by atoms with Gasteiger partial charge in [-0.15, -0.1) is 0 Å². The van der Waals surface area contributed by atoms with Crippen LogP contribution in [-0.4, -0.2) is 9.55 Å². The normalized spacial score (nSPS) is 10.6. The minimum Gasteiger partial charge on any atom is -0.325 e. The molecule has 0 spiro atoms. The number of anilines is 2. The Kier molecular flexibility index (Phi) is 3.80. The Morgan fingerprint density at radius 1 is 1.05 bits per heavy atom. The Hall–Kier alpha value is -2.07. The van der Waals surface area contributed by atoms with E-state index in [4.69, 9.17) is 0 Å². The summed E-state index contributed by atoms with van der Waals surface area (Å²) in [7, 11) is 0. The molecule has 106 valence electrons. The molecule has 1 heterocycles. The third-order valence-corrected chi connectivity index (χ3v) is 4.14. The predicted molar refractivity (Wildman–Crippen MR) is 90.5 cm³/mol. The zero-order valence-corrected chi connectivity index (χ0v) is 13.6. The summed E-state index contributed by atoms with van der Waals surface area (Å²) in [6.07, 6.45) is 2.03. The van der Waals surface area contributed by atoms with Gasteiger partial charge in [-0.2, -0.15) is 0 Å². The van der Waals surface area contributed by atoms with Crippen LogP contribution in [0, 0.1) is 13.8 Å². The zero-order chi connectivity index (χ0) is 14.8. The molecule has 0 atom stereocenters. The fraction of sp³-hybridized carbons (Fsp3) is 0.118. The van der Waals surface area contributed by atoms with E-state index in [0.717, 1.165) is 27.5 Å². The van der Waals surface area contributed by atoms with Gasteiger partial charge in [0.05, 0.1) is 5.69 Å². The quantitative estimate of drug-likeness (QED) is 0.726. The summed E-state index contributed by atoms with van der Waals surface area (Å²) >= 11 is 3.59. The number of nitrogens with one attached hydrogen (secondary N) is 1. The highest BCUT2D eigenvalue weighted by Gasteiger charge is 2.09. The molecule has 3 rings (SSSR count). The van der Waals surface area contributed by atoms with Crippen LogP contribution in [-0.2, 0) is 0 Å². The molecule has 0 unspecified atom stereocenters. The first-order valence-corrected chi connectivity index (χ1v) is 7.57. The van der Waals surface area contributed by atoms with Gasteiger partial charge < -0.3 is 5.32 Å². The van der Waals surface area contributed by atoms with E-state index in [1.165, 1.54) is 5.56 Å². The van der Waals surface area contributed by atoms with E-state index in [2.05, 4.69) is 55.9 Å². The summed E-state index contributed by atoms with van der Waals surface area (Å²) in [5.74, 6) is 0.814. The number of hydrogen-bond acceptors (Lipinski definition) is 2. The standard InChI is InChI=1S/C17H16BrN3/c1-12-8-9-15(10-16(12)18)21-11-13(2)19-17(21)20-14-6-4-3-5-7-14/h3-11H,1-2H3,(H,19,20). The molecule has 4 heteroatoms. The van der Waals surface area contributed by atoms with Crippen molar-refractivity contribution in [2.45, 2.75) is 13.8 Å². The summed E-state index contributed by atoms with van der Waals surface area (Å²) in [6.45, 7) is 4.08. The molecule has 21 heavy (non-hydrogen) atoms. The topological polar surface area (TPSA) is 29.9 Å². The Balaban J connectivity index is 2.01. The molecule has 0 aliphatic heterocycles. The Morgan fingerprint density at radius 3 is 2.52 bits per heavy atom. The number of benzene rings is 2. The fourth-order valence-electron chi connectivity index (χ4n) is 2.16. The third kappa shape index (κ3) is 3.00. The summed E-state index contributed by atoms with van der Waals surface area (Å²) < 4.78 is 3.16. The number of aromatic nitrogens is 2. The molecule has 3 aromatic rings. The van der Waals surface area contributed by atoms with Crippen molar-refractivity contribution >= 4 is 27.6 Å². The number of nitrogens with zero attached hydrogens (tertiary/aromatic N) is 2. The van der Waals surface area contributed by atoms with Gasteiger partial charge in [0, 0.05) is 22.0 Å². The number of imidazole rings is 1. The maximum Gasteiger partial charge on any atom is 0.212 e. The van der Waals surface area contributed by atoms with Gasteiger partial charge in [-0.05, 0) is 43.7 Å². The van der Waals surface area contributed by atoms with Gasteiger partial charge in [0.25, 0.3) is 0 Å². The predicted octanol–water partition coefficient (Wildman–Crippen LogP) is 5.00. The first kappa shape index (κ1) is 13.9. The number of halogens is 1. The van der Waals surface area contributed by atoms with Crippen molar-refractivity contribution in [2.24, 2.45) is 0 Å². The van der Waals surface area contributed by atoms with E-state index in [9.17, 15) is 0 Å². The second kappa shape index (κ2) is 5.74. The van der Waals surface area contributed by atoms with Crippen LogP contribution in [0.2, 0.25) is 0 Å². The van der Waals surface area contributed by atoms with E-state index >= 15 is 0 Å². The molecule has 0 fully saturated rings. The van der Waals surface area contributed by atoms with Crippen LogP contribution in [0.5, 0.6) is 0 Å². The minimum atomic E-state index is 0.814. The highest BCUT2D eigenvalue weighted by molar-refractivity contribution is 9.10. The molecule has 1 aromatic heterocycles. The van der Waals surface area contributed by atoms with Gasteiger partial charge in [0.2, 0.25) is 5.95 Å². The monoisotopic (exact) mass is 341 g/mol. The molecule has 0 saturated heterocycles. The molecule has 0 saturated carbocycles. The van der Waals surface area contributed by atoms with Crippen LogP contribution in [0.15, 0.2) is 59.2 Å². The molecule has 1 N–H and O–H groups in total. The van der Waals surface area contributed by atoms with Crippen molar-refractivity contribution in [3.05, 3.63) is 70.5 Å². The van der Waals surface area contributed by atoms with Crippen LogP contribution >= 0.6 is 15.9 Å². The van der Waals surface area contributed by atoms with E-state index in [-0.39, 0.29) is 0 Å². The first-order chi connectivity index (χ1) is 10.1. The maximum absolute atomic E-state index is 4.57. The van der Waals surface area contributed by atoms with Gasteiger partial charge in [-0.3, -0.25) is 4.57 Å². The van der Waals surface area contributed by atoms with Crippen LogP contribution in [0.25, 0.3) is 5.69 Å². The number of rotatable bonds is 3. The minimum absolute atomic E-state index is 0.814. The van der Waals surface area contributed by atoms with Crippen LogP contribution < -0.4 is 5.32 Å². The second-order valence-corrected chi connectivity index (χ2v) is 5.85. The lowest BCUT2D eigenvalue weighted by Crippen LogP contribution is -2.01. The van der Waals surface area contributed by atoms with Crippen LogP contribution in [0.3, 0.4) is 0 Å². The zero-order valence-electron chi connectivity index (χ0n) is 12.0. The molecule has 0 bridgehead atoms. The Bertz CT molecular complexity index is 763. The Labute approximate surface area is 132 Å². The summed E-state index contributed by atoms with van der Waals surface area (Å²) in [4.78, 5) is 4.57. The lowest BCUT2D eigenvalue weighted by atomic mass is 10.2. The van der Waals surface area contributed by atoms with E-state index in [1.54, 1.807) is 0 Å². The van der Waals surface area contributed by atoms with Crippen LogP contribution in [0.1, 0.15) is 11.3 Å². The molecule has 0 aliphatic rings. The van der Waals surface area contributed by atoms with Crippen molar-refractivity contribution in [1.82, 2.24) is 9.55 Å². The van der Waals surface area contributed by atoms with Crippen LogP contribution in [0.4, 0.5) is 11.6 Å². The van der Waals surface area contributed by atoms with Crippen molar-refractivity contribution in [3.8, 4) is 5.69 Å². The average Bonchev–Trinajstić information content (AvgIpc) is 2.84. The fourth-order valence-corrected chi connectivity index (χ4v) is 2.53. The van der Waals surface area contributed by atoms with Crippen molar-refractivity contribution in [2.75, 3.05) is 5.32 Å². The van der Waals surface area contributed by atoms with Crippen molar-refractivity contribution in [1.29, 1.82) is 0 Å². The highest BCUT2D eigenvalue weighted by atomic mass is 79.9. The molecule has 0 aliphatic carbocycles. The number of aryl methyl sites for hydroxylation is 2. The van der Waals surface area contributed by atoms with E-state index in [0.29, 0.717) is 0 Å². The van der Waals surface area contributed by atoms with Gasteiger partial charge in [0.15, 0.2) is 0 Å². The molecule has 0 radical (unpaired) electrons. The maximum atomic E-state index is 4.57. The SMILES string of the molecule is Cc1cn(-c2ccc(C)c(Br)c2)c(Nc2ccccc2)n1. The third-order valence-electron chi connectivity index (χ3n) is 3.29. The summed E-state index contributed by atoms with van der Waals surface area (Å²) in [5, 5.41) is 3.36. The lowest BCUT2D eigenvalue weighted by Gasteiger charge is -2.11. The largest absolute Gasteiger partial charge is 0.325 e. The molecule has 2 aromatic carbocycles.